The van der Waals surface area contributed by atoms with Crippen molar-refractivity contribution in [2.24, 2.45) is 0 Å². The van der Waals surface area contributed by atoms with Crippen molar-refractivity contribution < 1.29 is 14.3 Å². The molecular formula is C9H10ClNO3. The van der Waals surface area contributed by atoms with Crippen molar-refractivity contribution in [2.45, 2.75) is 0 Å². The molecule has 1 aromatic rings. The number of carbonyl (C=O) groups is 1. The molecule has 0 aliphatic carbocycles. The Morgan fingerprint density at radius 3 is 2.93 bits per heavy atom. The van der Waals surface area contributed by atoms with Crippen LogP contribution in [0.3, 0.4) is 0 Å². The summed E-state index contributed by atoms with van der Waals surface area (Å²) in [6.45, 7) is -0.107. The van der Waals surface area contributed by atoms with Crippen molar-refractivity contribution in [1.82, 2.24) is 0 Å². The Balaban J connectivity index is 2.83. The van der Waals surface area contributed by atoms with Gasteiger partial charge in [-0.3, -0.25) is 0 Å². The van der Waals surface area contributed by atoms with E-state index >= 15 is 0 Å². The maximum absolute atomic E-state index is 11.3. The minimum Gasteiger partial charge on any atom is -0.435 e. The van der Waals surface area contributed by atoms with E-state index in [1.165, 1.54) is 13.2 Å². The molecule has 0 radical (unpaired) electrons. The molecule has 0 atom stereocenters. The zero-order chi connectivity index (χ0) is 10.6. The van der Waals surface area contributed by atoms with Gasteiger partial charge in [-0.1, -0.05) is 11.6 Å². The average molecular weight is 216 g/mol. The van der Waals surface area contributed by atoms with E-state index in [1.807, 2.05) is 0 Å². The Hall–Kier alpha value is -1.26. The van der Waals surface area contributed by atoms with E-state index in [9.17, 15) is 4.79 Å². The van der Waals surface area contributed by atoms with Crippen LogP contribution in [0, 0.1) is 0 Å². The van der Waals surface area contributed by atoms with Crippen LogP contribution < -0.4 is 5.73 Å². The van der Waals surface area contributed by atoms with E-state index in [4.69, 9.17) is 22.1 Å². The molecule has 0 aromatic heterocycles. The van der Waals surface area contributed by atoms with Crippen molar-refractivity contribution >= 4 is 23.3 Å². The predicted molar refractivity (Wildman–Crippen MR) is 53.2 cm³/mol. The summed E-state index contributed by atoms with van der Waals surface area (Å²) in [5.41, 5.74) is 6.19. The zero-order valence-electron chi connectivity index (χ0n) is 7.62. The van der Waals surface area contributed by atoms with Gasteiger partial charge in [0.1, 0.15) is 0 Å². The molecule has 0 unspecified atom stereocenters. The third kappa shape index (κ3) is 2.61. The number of nitrogens with two attached hydrogens (primary N) is 1. The third-order valence-electron chi connectivity index (χ3n) is 1.52. The van der Waals surface area contributed by atoms with Gasteiger partial charge in [0.25, 0.3) is 0 Å². The lowest BCUT2D eigenvalue weighted by Gasteiger charge is -2.05. The molecule has 0 saturated carbocycles. The van der Waals surface area contributed by atoms with Gasteiger partial charge in [-0.2, -0.15) is 0 Å². The molecule has 0 bridgehead atoms. The summed E-state index contributed by atoms with van der Waals surface area (Å²) in [7, 11) is 1.42. The van der Waals surface area contributed by atoms with Crippen molar-refractivity contribution in [1.29, 1.82) is 0 Å². The normalized spacial score (nSPS) is 9.86. The summed E-state index contributed by atoms with van der Waals surface area (Å²) >= 11 is 5.77. The number of ether oxygens (including phenoxy) is 2. The summed E-state index contributed by atoms with van der Waals surface area (Å²) in [4.78, 5) is 11.3. The monoisotopic (exact) mass is 215 g/mol. The number of nitrogen functional groups attached to an aromatic ring is 1. The quantitative estimate of drug-likeness (QED) is 0.474. The van der Waals surface area contributed by atoms with Crippen molar-refractivity contribution in [3.63, 3.8) is 0 Å². The van der Waals surface area contributed by atoms with Crippen LogP contribution in [0.2, 0.25) is 5.02 Å². The number of anilines is 1. The van der Waals surface area contributed by atoms with Gasteiger partial charge >= 0.3 is 5.97 Å². The van der Waals surface area contributed by atoms with Gasteiger partial charge < -0.3 is 15.2 Å². The van der Waals surface area contributed by atoms with Gasteiger partial charge in [0.05, 0.1) is 10.6 Å². The Kier molecular flexibility index (Phi) is 3.73. The van der Waals surface area contributed by atoms with E-state index in [1.54, 1.807) is 12.1 Å². The molecule has 1 rings (SSSR count). The van der Waals surface area contributed by atoms with Crippen LogP contribution in [0.15, 0.2) is 18.2 Å². The van der Waals surface area contributed by atoms with Gasteiger partial charge in [-0.25, -0.2) is 4.79 Å². The maximum atomic E-state index is 11.3. The van der Waals surface area contributed by atoms with Crippen LogP contribution in [0.25, 0.3) is 0 Å². The minimum absolute atomic E-state index is 0.107. The van der Waals surface area contributed by atoms with Crippen LogP contribution in [0.4, 0.5) is 5.69 Å². The molecule has 0 heterocycles. The predicted octanol–water partition coefficient (Wildman–Crippen LogP) is 1.68. The molecule has 0 aliphatic heterocycles. The van der Waals surface area contributed by atoms with Gasteiger partial charge in [0.2, 0.25) is 0 Å². The lowest BCUT2D eigenvalue weighted by Crippen LogP contribution is -2.08. The van der Waals surface area contributed by atoms with Gasteiger partial charge in [0.15, 0.2) is 6.79 Å². The summed E-state index contributed by atoms with van der Waals surface area (Å²) in [5.74, 6) is -0.552. The lowest BCUT2D eigenvalue weighted by atomic mass is 10.2. The van der Waals surface area contributed by atoms with Gasteiger partial charge in [-0.15, -0.1) is 0 Å². The SMILES string of the molecule is COCOC(=O)c1cc(N)ccc1Cl. The Labute approximate surface area is 86.6 Å². The standard InChI is InChI=1S/C9H10ClNO3/c1-13-5-14-9(12)7-4-6(11)2-3-8(7)10/h2-4H,5,11H2,1H3. The van der Waals surface area contributed by atoms with E-state index in [2.05, 4.69) is 4.74 Å². The number of hydrogen-bond donors (Lipinski definition) is 1. The summed E-state index contributed by atoms with van der Waals surface area (Å²) in [6.07, 6.45) is 0. The maximum Gasteiger partial charge on any atom is 0.341 e. The fourth-order valence-electron chi connectivity index (χ4n) is 0.890. The fraction of sp³-hybridized carbons (Fsp3) is 0.222. The van der Waals surface area contributed by atoms with Crippen molar-refractivity contribution in [3.05, 3.63) is 28.8 Å². The van der Waals surface area contributed by atoms with Crippen LogP contribution in [0.1, 0.15) is 10.4 Å². The highest BCUT2D eigenvalue weighted by atomic mass is 35.5. The van der Waals surface area contributed by atoms with Crippen molar-refractivity contribution in [2.75, 3.05) is 19.6 Å². The van der Waals surface area contributed by atoms with Crippen molar-refractivity contribution in [3.8, 4) is 0 Å². The molecule has 14 heavy (non-hydrogen) atoms. The molecule has 0 saturated heterocycles. The summed E-state index contributed by atoms with van der Waals surface area (Å²) < 4.78 is 9.30. The molecular weight excluding hydrogens is 206 g/mol. The largest absolute Gasteiger partial charge is 0.435 e. The number of rotatable bonds is 3. The zero-order valence-corrected chi connectivity index (χ0v) is 8.38. The molecule has 2 N–H and O–H groups in total. The first-order valence-corrected chi connectivity index (χ1v) is 4.24. The topological polar surface area (TPSA) is 61.5 Å². The molecule has 0 amide bonds. The molecule has 0 fully saturated rings. The number of carbonyl (C=O) groups excluding carboxylic acids is 1. The molecule has 1 aromatic carbocycles. The van der Waals surface area contributed by atoms with Crippen LogP contribution >= 0.6 is 11.6 Å². The molecule has 76 valence electrons. The molecule has 4 nitrogen and oxygen atoms in total. The smallest absolute Gasteiger partial charge is 0.341 e. The second-order valence-corrected chi connectivity index (χ2v) is 2.98. The van der Waals surface area contributed by atoms with Crippen LogP contribution in [-0.2, 0) is 9.47 Å². The first-order chi connectivity index (χ1) is 6.65. The Morgan fingerprint density at radius 1 is 1.57 bits per heavy atom. The average Bonchev–Trinajstić information content (AvgIpc) is 2.18. The fourth-order valence-corrected chi connectivity index (χ4v) is 1.08. The highest BCUT2D eigenvalue weighted by Gasteiger charge is 2.11. The summed E-state index contributed by atoms with van der Waals surface area (Å²) in [5, 5.41) is 0.306. The molecule has 5 heteroatoms. The second-order valence-electron chi connectivity index (χ2n) is 2.58. The van der Waals surface area contributed by atoms with Crippen LogP contribution in [0.5, 0.6) is 0 Å². The molecule has 0 aliphatic rings. The number of benzene rings is 1. The first kappa shape index (κ1) is 10.8. The van der Waals surface area contributed by atoms with E-state index in [0.29, 0.717) is 10.7 Å². The lowest BCUT2D eigenvalue weighted by molar-refractivity contribution is -0.0124. The van der Waals surface area contributed by atoms with E-state index in [0.717, 1.165) is 0 Å². The highest BCUT2D eigenvalue weighted by Crippen LogP contribution is 2.19. The summed E-state index contributed by atoms with van der Waals surface area (Å²) in [6, 6.07) is 4.61. The van der Waals surface area contributed by atoms with Crippen LogP contribution in [-0.4, -0.2) is 19.9 Å². The Morgan fingerprint density at radius 2 is 2.29 bits per heavy atom. The Bertz CT molecular complexity index is 341. The van der Waals surface area contributed by atoms with E-state index < -0.39 is 5.97 Å². The number of methoxy groups -OCH3 is 1. The highest BCUT2D eigenvalue weighted by molar-refractivity contribution is 6.33. The first-order valence-electron chi connectivity index (χ1n) is 3.86. The number of esters is 1. The minimum atomic E-state index is -0.552. The second kappa shape index (κ2) is 4.83. The van der Waals surface area contributed by atoms with E-state index in [-0.39, 0.29) is 12.4 Å². The third-order valence-corrected chi connectivity index (χ3v) is 1.85. The molecule has 0 spiro atoms. The van der Waals surface area contributed by atoms with Gasteiger partial charge in [0, 0.05) is 12.8 Å². The van der Waals surface area contributed by atoms with Gasteiger partial charge in [-0.05, 0) is 18.2 Å². The number of hydrogen-bond acceptors (Lipinski definition) is 4. The number of halogens is 1.